The number of aliphatic hydroxyl groups is 1. The molecule has 0 bridgehead atoms. The number of anilines is 1. The van der Waals surface area contributed by atoms with Crippen LogP contribution >= 0.6 is 0 Å². The summed E-state index contributed by atoms with van der Waals surface area (Å²) in [6, 6.07) is 10.8. The molecule has 1 aromatic heterocycles. The van der Waals surface area contributed by atoms with Gasteiger partial charge in [0.05, 0.1) is 0 Å². The Balaban J connectivity index is 1.52. The lowest BCUT2D eigenvalue weighted by Crippen LogP contribution is -2.42. The number of aromatic nitrogens is 2. The van der Waals surface area contributed by atoms with Crippen molar-refractivity contribution < 1.29 is 9.90 Å². The second-order valence-corrected chi connectivity index (χ2v) is 6.06. The van der Waals surface area contributed by atoms with Gasteiger partial charge in [-0.15, -0.1) is 0 Å². The maximum Gasteiger partial charge on any atom is 0.253 e. The molecule has 1 saturated heterocycles. The van der Waals surface area contributed by atoms with Crippen LogP contribution in [0.5, 0.6) is 0 Å². The van der Waals surface area contributed by atoms with Crippen LogP contribution in [0.2, 0.25) is 0 Å². The zero-order valence-corrected chi connectivity index (χ0v) is 13.5. The molecule has 6 heteroatoms. The maximum absolute atomic E-state index is 12.1. The Labute approximate surface area is 141 Å². The molecule has 2 unspecified atom stereocenters. The second kappa shape index (κ2) is 7.88. The highest BCUT2D eigenvalue weighted by Gasteiger charge is 2.23. The fraction of sp³-hybridized carbons (Fsp3) is 0.389. The zero-order chi connectivity index (χ0) is 16.8. The van der Waals surface area contributed by atoms with Crippen molar-refractivity contribution in [2.24, 2.45) is 5.92 Å². The van der Waals surface area contributed by atoms with E-state index in [1.807, 2.05) is 18.2 Å². The van der Waals surface area contributed by atoms with Gasteiger partial charge >= 0.3 is 0 Å². The lowest BCUT2D eigenvalue weighted by Gasteiger charge is -2.32. The molecular formula is C18H22N4O2. The molecular weight excluding hydrogens is 304 g/mol. The van der Waals surface area contributed by atoms with Crippen molar-refractivity contribution in [3.8, 4) is 0 Å². The molecule has 0 radical (unpaired) electrons. The monoisotopic (exact) mass is 326 g/mol. The van der Waals surface area contributed by atoms with E-state index >= 15 is 0 Å². The van der Waals surface area contributed by atoms with E-state index in [2.05, 4.69) is 20.2 Å². The molecule has 126 valence electrons. The second-order valence-electron chi connectivity index (χ2n) is 6.06. The Bertz CT molecular complexity index is 651. The largest absolute Gasteiger partial charge is 0.378 e. The van der Waals surface area contributed by atoms with E-state index in [1.165, 1.54) is 0 Å². The summed E-state index contributed by atoms with van der Waals surface area (Å²) in [5.41, 5.74) is 0.609. The average Bonchev–Trinajstić information content (AvgIpc) is 2.67. The molecule has 1 amide bonds. The summed E-state index contributed by atoms with van der Waals surface area (Å²) in [6.07, 6.45) is 4.45. The van der Waals surface area contributed by atoms with Gasteiger partial charge in [-0.25, -0.2) is 9.97 Å². The lowest BCUT2D eigenvalue weighted by atomic mass is 9.98. The topological polar surface area (TPSA) is 78.4 Å². The first-order chi connectivity index (χ1) is 11.7. The van der Waals surface area contributed by atoms with E-state index in [-0.39, 0.29) is 5.91 Å². The Hall–Kier alpha value is -2.47. The van der Waals surface area contributed by atoms with Crippen LogP contribution in [0.1, 0.15) is 24.5 Å². The third-order valence-electron chi connectivity index (χ3n) is 4.28. The molecule has 0 aliphatic carbocycles. The molecule has 2 atom stereocenters. The van der Waals surface area contributed by atoms with Gasteiger partial charge in [0.1, 0.15) is 0 Å². The number of aliphatic hydroxyl groups excluding tert-OH is 1. The minimum atomic E-state index is -1.12. The van der Waals surface area contributed by atoms with Gasteiger partial charge in [-0.1, -0.05) is 30.3 Å². The Morgan fingerprint density at radius 1 is 1.25 bits per heavy atom. The normalized spacial score (nSPS) is 18.9. The molecule has 3 rings (SSSR count). The van der Waals surface area contributed by atoms with Crippen molar-refractivity contribution in [3.05, 3.63) is 54.4 Å². The van der Waals surface area contributed by atoms with Gasteiger partial charge in [0.25, 0.3) is 5.91 Å². The van der Waals surface area contributed by atoms with Gasteiger partial charge < -0.3 is 15.3 Å². The van der Waals surface area contributed by atoms with Crippen LogP contribution in [0.15, 0.2) is 48.8 Å². The van der Waals surface area contributed by atoms with E-state index < -0.39 is 6.10 Å². The molecule has 2 heterocycles. The zero-order valence-electron chi connectivity index (χ0n) is 13.5. The number of carbonyl (C=O) groups excluding carboxylic acids is 1. The van der Waals surface area contributed by atoms with Crippen molar-refractivity contribution in [2.45, 2.75) is 18.9 Å². The summed E-state index contributed by atoms with van der Waals surface area (Å²) < 4.78 is 0. The SMILES string of the molecule is O=C(NCC1CCCN(c2ncccn2)C1)C(O)c1ccccc1. The number of piperidine rings is 1. The smallest absolute Gasteiger partial charge is 0.253 e. The number of hydrogen-bond acceptors (Lipinski definition) is 5. The molecule has 1 aromatic carbocycles. The van der Waals surface area contributed by atoms with Gasteiger partial charge in [-0.2, -0.15) is 0 Å². The van der Waals surface area contributed by atoms with Crippen molar-refractivity contribution in [2.75, 3.05) is 24.5 Å². The number of amides is 1. The molecule has 1 fully saturated rings. The van der Waals surface area contributed by atoms with E-state index in [4.69, 9.17) is 0 Å². The highest BCUT2D eigenvalue weighted by Crippen LogP contribution is 2.20. The highest BCUT2D eigenvalue weighted by atomic mass is 16.3. The Kier molecular flexibility index (Phi) is 5.38. The number of nitrogens with one attached hydrogen (secondary N) is 1. The average molecular weight is 326 g/mol. The number of nitrogens with zero attached hydrogens (tertiary/aromatic N) is 3. The minimum absolute atomic E-state index is 0.328. The maximum atomic E-state index is 12.1. The standard InChI is InChI=1S/C18H22N4O2/c23-16(15-7-2-1-3-8-15)17(24)21-12-14-6-4-11-22(13-14)18-19-9-5-10-20-18/h1-3,5,7-10,14,16,23H,4,6,11-13H2,(H,21,24). The molecule has 6 nitrogen and oxygen atoms in total. The molecule has 24 heavy (non-hydrogen) atoms. The van der Waals surface area contributed by atoms with Crippen LogP contribution < -0.4 is 10.2 Å². The summed E-state index contributed by atoms with van der Waals surface area (Å²) in [4.78, 5) is 22.9. The van der Waals surface area contributed by atoms with Crippen LogP contribution in [-0.4, -0.2) is 40.6 Å². The summed E-state index contributed by atoms with van der Waals surface area (Å²) >= 11 is 0. The van der Waals surface area contributed by atoms with Crippen molar-refractivity contribution in [3.63, 3.8) is 0 Å². The van der Waals surface area contributed by atoms with Crippen molar-refractivity contribution in [1.82, 2.24) is 15.3 Å². The highest BCUT2D eigenvalue weighted by molar-refractivity contribution is 5.81. The third kappa shape index (κ3) is 4.08. The predicted molar refractivity (Wildman–Crippen MR) is 91.4 cm³/mol. The van der Waals surface area contributed by atoms with Crippen LogP contribution in [-0.2, 0) is 4.79 Å². The Morgan fingerprint density at radius 3 is 2.75 bits per heavy atom. The summed E-state index contributed by atoms with van der Waals surface area (Å²) in [6.45, 7) is 2.29. The van der Waals surface area contributed by atoms with Crippen LogP contribution in [0.4, 0.5) is 5.95 Å². The number of rotatable bonds is 5. The summed E-state index contributed by atoms with van der Waals surface area (Å²) in [5.74, 6) is 0.710. The van der Waals surface area contributed by atoms with E-state index in [0.29, 0.717) is 18.0 Å². The number of hydrogen-bond donors (Lipinski definition) is 2. The van der Waals surface area contributed by atoms with Gasteiger partial charge in [0.15, 0.2) is 6.10 Å². The molecule has 2 aromatic rings. The molecule has 1 aliphatic heterocycles. The van der Waals surface area contributed by atoms with Gasteiger partial charge in [0, 0.05) is 32.0 Å². The van der Waals surface area contributed by atoms with Gasteiger partial charge in [0.2, 0.25) is 5.95 Å². The van der Waals surface area contributed by atoms with Gasteiger partial charge in [-0.05, 0) is 30.4 Å². The lowest BCUT2D eigenvalue weighted by molar-refractivity contribution is -0.129. The number of carbonyl (C=O) groups is 1. The van der Waals surface area contributed by atoms with Crippen molar-refractivity contribution in [1.29, 1.82) is 0 Å². The van der Waals surface area contributed by atoms with Crippen LogP contribution in [0.25, 0.3) is 0 Å². The van der Waals surface area contributed by atoms with Crippen LogP contribution in [0, 0.1) is 5.92 Å². The first kappa shape index (κ1) is 16.4. The summed E-state index contributed by atoms with van der Waals surface area (Å²) in [7, 11) is 0. The molecule has 0 saturated carbocycles. The number of benzene rings is 1. The third-order valence-corrected chi connectivity index (χ3v) is 4.28. The summed E-state index contributed by atoms with van der Waals surface area (Å²) in [5, 5.41) is 13.0. The molecule has 1 aliphatic rings. The fourth-order valence-electron chi connectivity index (χ4n) is 3.00. The predicted octanol–water partition coefficient (Wildman–Crippen LogP) is 1.54. The van der Waals surface area contributed by atoms with Crippen LogP contribution in [0.3, 0.4) is 0 Å². The molecule has 0 spiro atoms. The van der Waals surface area contributed by atoms with E-state index in [9.17, 15) is 9.90 Å². The van der Waals surface area contributed by atoms with Gasteiger partial charge in [-0.3, -0.25) is 4.79 Å². The fourth-order valence-corrected chi connectivity index (χ4v) is 3.00. The Morgan fingerprint density at radius 2 is 2.00 bits per heavy atom. The van der Waals surface area contributed by atoms with E-state index in [1.54, 1.807) is 30.6 Å². The quantitative estimate of drug-likeness (QED) is 0.871. The molecule has 2 N–H and O–H groups in total. The van der Waals surface area contributed by atoms with E-state index in [0.717, 1.165) is 31.9 Å². The first-order valence-electron chi connectivity index (χ1n) is 8.26. The minimum Gasteiger partial charge on any atom is -0.378 e. The van der Waals surface area contributed by atoms with Crippen molar-refractivity contribution >= 4 is 11.9 Å². The first-order valence-corrected chi connectivity index (χ1v) is 8.26.